The number of halogens is 3. The number of piperidine rings is 1. The van der Waals surface area contributed by atoms with E-state index in [1.807, 2.05) is 13.8 Å². The highest BCUT2D eigenvalue weighted by Crippen LogP contribution is 2.23. The molecule has 0 radical (unpaired) electrons. The van der Waals surface area contributed by atoms with Gasteiger partial charge in [-0.15, -0.1) is 0 Å². The van der Waals surface area contributed by atoms with Crippen molar-refractivity contribution in [3.05, 3.63) is 0 Å². The Morgan fingerprint density at radius 2 is 1.81 bits per heavy atom. The SMILES string of the molecule is CC(C)NCC1CCN(S(=O)(=O)N(C)CC(F)(F)F)CC1. The third kappa shape index (κ3) is 6.09. The lowest BCUT2D eigenvalue weighted by atomic mass is 9.98. The van der Waals surface area contributed by atoms with E-state index < -0.39 is 22.9 Å². The molecule has 1 heterocycles. The van der Waals surface area contributed by atoms with E-state index in [-0.39, 0.29) is 13.1 Å². The van der Waals surface area contributed by atoms with E-state index in [2.05, 4.69) is 5.32 Å². The molecule has 1 rings (SSSR count). The topological polar surface area (TPSA) is 52.7 Å². The maximum atomic E-state index is 12.3. The summed E-state index contributed by atoms with van der Waals surface area (Å²) in [6.45, 7) is 3.97. The molecule has 0 bridgehead atoms. The Kier molecular flexibility index (Phi) is 6.45. The van der Waals surface area contributed by atoms with Crippen LogP contribution >= 0.6 is 0 Å². The molecular weight excluding hydrogens is 307 g/mol. The molecule has 0 unspecified atom stereocenters. The van der Waals surface area contributed by atoms with Gasteiger partial charge in [-0.3, -0.25) is 0 Å². The van der Waals surface area contributed by atoms with Crippen LogP contribution in [0.4, 0.5) is 13.2 Å². The summed E-state index contributed by atoms with van der Waals surface area (Å²) in [6, 6.07) is 0.365. The fourth-order valence-corrected chi connectivity index (χ4v) is 3.65. The van der Waals surface area contributed by atoms with Crippen molar-refractivity contribution in [2.24, 2.45) is 5.92 Å². The molecule has 0 aromatic carbocycles. The van der Waals surface area contributed by atoms with Gasteiger partial charge in [-0.1, -0.05) is 13.8 Å². The van der Waals surface area contributed by atoms with E-state index in [9.17, 15) is 21.6 Å². The quantitative estimate of drug-likeness (QED) is 0.801. The van der Waals surface area contributed by atoms with Crippen LogP contribution in [0.25, 0.3) is 0 Å². The van der Waals surface area contributed by atoms with E-state index in [0.29, 0.717) is 29.1 Å². The predicted molar refractivity (Wildman–Crippen MR) is 75.0 cm³/mol. The number of nitrogens with one attached hydrogen (secondary N) is 1. The van der Waals surface area contributed by atoms with Crippen LogP contribution in [0.3, 0.4) is 0 Å². The summed E-state index contributed by atoms with van der Waals surface area (Å²) in [6.07, 6.45) is -3.20. The number of hydrogen-bond acceptors (Lipinski definition) is 3. The van der Waals surface area contributed by atoms with E-state index in [0.717, 1.165) is 17.9 Å². The molecule has 1 aliphatic rings. The fraction of sp³-hybridized carbons (Fsp3) is 1.00. The van der Waals surface area contributed by atoms with Gasteiger partial charge in [0, 0.05) is 26.2 Å². The zero-order valence-electron chi connectivity index (χ0n) is 12.7. The first-order chi connectivity index (χ1) is 9.52. The molecule has 21 heavy (non-hydrogen) atoms. The lowest BCUT2D eigenvalue weighted by Crippen LogP contribution is -2.49. The molecular formula is C12H24F3N3O2S. The third-order valence-electron chi connectivity index (χ3n) is 3.51. The normalized spacial score (nSPS) is 19.6. The second-order valence-electron chi connectivity index (χ2n) is 5.78. The van der Waals surface area contributed by atoms with E-state index in [4.69, 9.17) is 0 Å². The number of hydrogen-bond donors (Lipinski definition) is 1. The molecule has 1 saturated heterocycles. The van der Waals surface area contributed by atoms with Gasteiger partial charge in [-0.05, 0) is 25.3 Å². The highest BCUT2D eigenvalue weighted by molar-refractivity contribution is 7.86. The van der Waals surface area contributed by atoms with Crippen molar-refractivity contribution in [2.45, 2.75) is 38.9 Å². The monoisotopic (exact) mass is 331 g/mol. The van der Waals surface area contributed by atoms with Crippen LogP contribution in [0.15, 0.2) is 0 Å². The van der Waals surface area contributed by atoms with Crippen LogP contribution in [-0.4, -0.2) is 62.5 Å². The molecule has 0 atom stereocenters. The first kappa shape index (κ1) is 18.7. The van der Waals surface area contributed by atoms with Crippen LogP contribution in [-0.2, 0) is 10.2 Å². The van der Waals surface area contributed by atoms with Crippen molar-refractivity contribution >= 4 is 10.2 Å². The molecule has 0 aromatic heterocycles. The Morgan fingerprint density at radius 1 is 1.29 bits per heavy atom. The predicted octanol–water partition coefficient (Wildman–Crippen LogP) is 1.44. The van der Waals surface area contributed by atoms with Crippen molar-refractivity contribution in [1.29, 1.82) is 0 Å². The minimum Gasteiger partial charge on any atom is -0.314 e. The first-order valence-electron chi connectivity index (χ1n) is 7.04. The van der Waals surface area contributed by atoms with Crippen LogP contribution in [0.2, 0.25) is 0 Å². The van der Waals surface area contributed by atoms with Gasteiger partial charge in [0.15, 0.2) is 0 Å². The smallest absolute Gasteiger partial charge is 0.314 e. The highest BCUT2D eigenvalue weighted by atomic mass is 32.2. The van der Waals surface area contributed by atoms with Crippen molar-refractivity contribution in [2.75, 3.05) is 33.2 Å². The lowest BCUT2D eigenvalue weighted by Gasteiger charge is -2.34. The zero-order valence-corrected chi connectivity index (χ0v) is 13.5. The second kappa shape index (κ2) is 7.26. The van der Waals surface area contributed by atoms with Gasteiger partial charge < -0.3 is 5.32 Å². The van der Waals surface area contributed by atoms with Crippen LogP contribution in [0.5, 0.6) is 0 Å². The minimum absolute atomic E-state index is 0.273. The van der Waals surface area contributed by atoms with Gasteiger partial charge >= 0.3 is 6.18 Å². The molecule has 9 heteroatoms. The molecule has 1 aliphatic heterocycles. The summed E-state index contributed by atoms with van der Waals surface area (Å²) in [5.41, 5.74) is 0. The third-order valence-corrected chi connectivity index (χ3v) is 5.44. The van der Waals surface area contributed by atoms with E-state index in [1.54, 1.807) is 0 Å². The summed E-state index contributed by atoms with van der Waals surface area (Å²) in [4.78, 5) is 0. The molecule has 0 amide bonds. The molecule has 1 fully saturated rings. The van der Waals surface area contributed by atoms with E-state index >= 15 is 0 Å². The molecule has 0 aromatic rings. The Balaban J connectivity index is 2.52. The standard InChI is InChI=1S/C12H24F3N3O2S/c1-10(2)16-8-11-4-6-18(7-5-11)21(19,20)17(3)9-12(13,14)15/h10-11,16H,4-9H2,1-3H3. The first-order valence-corrected chi connectivity index (χ1v) is 8.43. The van der Waals surface area contributed by atoms with Gasteiger partial charge in [-0.25, -0.2) is 0 Å². The maximum Gasteiger partial charge on any atom is 0.402 e. The second-order valence-corrected chi connectivity index (χ2v) is 7.82. The zero-order chi connectivity index (χ0) is 16.3. The number of rotatable bonds is 6. The number of alkyl halides is 3. The van der Waals surface area contributed by atoms with Gasteiger partial charge in [0.2, 0.25) is 0 Å². The van der Waals surface area contributed by atoms with Gasteiger partial charge in [0.05, 0.1) is 0 Å². The van der Waals surface area contributed by atoms with Crippen molar-refractivity contribution < 1.29 is 21.6 Å². The maximum absolute atomic E-state index is 12.3. The van der Waals surface area contributed by atoms with Crippen LogP contribution in [0, 0.1) is 5.92 Å². The average Bonchev–Trinajstić information content (AvgIpc) is 2.34. The lowest BCUT2D eigenvalue weighted by molar-refractivity contribution is -0.134. The summed E-state index contributed by atoms with van der Waals surface area (Å²) in [5.74, 6) is 0.367. The van der Waals surface area contributed by atoms with Gasteiger partial charge in [0.1, 0.15) is 6.54 Å². The summed E-state index contributed by atoms with van der Waals surface area (Å²) >= 11 is 0. The van der Waals surface area contributed by atoms with Gasteiger partial charge in [0.25, 0.3) is 10.2 Å². The Bertz CT molecular complexity index is 418. The largest absolute Gasteiger partial charge is 0.402 e. The molecule has 1 N–H and O–H groups in total. The Hall–Kier alpha value is -0.380. The van der Waals surface area contributed by atoms with Crippen LogP contribution < -0.4 is 5.32 Å². The van der Waals surface area contributed by atoms with Gasteiger partial charge in [-0.2, -0.15) is 30.2 Å². The number of nitrogens with zero attached hydrogens (tertiary/aromatic N) is 2. The van der Waals surface area contributed by atoms with Crippen molar-refractivity contribution in [3.8, 4) is 0 Å². The fourth-order valence-electron chi connectivity index (χ4n) is 2.28. The molecule has 0 aliphatic carbocycles. The summed E-state index contributed by atoms with van der Waals surface area (Å²) in [5, 5.41) is 3.30. The highest BCUT2D eigenvalue weighted by Gasteiger charge is 2.37. The Labute approximate surface area is 124 Å². The molecule has 126 valence electrons. The van der Waals surface area contributed by atoms with E-state index in [1.165, 1.54) is 0 Å². The molecule has 0 saturated carbocycles. The summed E-state index contributed by atoms with van der Waals surface area (Å²) in [7, 11) is -3.06. The average molecular weight is 331 g/mol. The summed E-state index contributed by atoms with van der Waals surface area (Å²) < 4.78 is 62.6. The molecule has 0 spiro atoms. The Morgan fingerprint density at radius 3 is 2.24 bits per heavy atom. The minimum atomic E-state index is -4.53. The van der Waals surface area contributed by atoms with Crippen molar-refractivity contribution in [3.63, 3.8) is 0 Å². The van der Waals surface area contributed by atoms with Crippen LogP contribution in [0.1, 0.15) is 26.7 Å². The van der Waals surface area contributed by atoms with Crippen molar-refractivity contribution in [1.82, 2.24) is 13.9 Å². The molecule has 5 nitrogen and oxygen atoms in total.